The van der Waals surface area contributed by atoms with Crippen molar-refractivity contribution in [1.82, 2.24) is 10.2 Å². The van der Waals surface area contributed by atoms with Crippen LogP contribution in [-0.4, -0.2) is 21.9 Å². The number of nitrogens with one attached hydrogen (secondary N) is 1. The molecule has 1 amide bonds. The van der Waals surface area contributed by atoms with Gasteiger partial charge in [0.1, 0.15) is 0 Å². The average molecular weight is 394 g/mol. The Balaban J connectivity index is 1.62. The minimum atomic E-state index is -0.246. The molecule has 25 heavy (non-hydrogen) atoms. The van der Waals surface area contributed by atoms with E-state index < -0.39 is 0 Å². The molecule has 0 spiro atoms. The van der Waals surface area contributed by atoms with Gasteiger partial charge >= 0.3 is 0 Å². The third kappa shape index (κ3) is 4.34. The summed E-state index contributed by atoms with van der Waals surface area (Å²) in [5.41, 5.74) is 2.37. The first-order valence-corrected chi connectivity index (χ1v) is 9.05. The molecule has 0 unspecified atom stereocenters. The summed E-state index contributed by atoms with van der Waals surface area (Å²) in [6, 6.07) is 12.8. The molecule has 3 rings (SSSR count). The van der Waals surface area contributed by atoms with E-state index in [1.807, 2.05) is 31.2 Å². The second-order valence-corrected chi connectivity index (χ2v) is 6.84. The molecule has 0 saturated carbocycles. The van der Waals surface area contributed by atoms with Crippen molar-refractivity contribution in [2.45, 2.75) is 12.1 Å². The molecule has 0 radical (unpaired) electrons. The third-order valence-electron chi connectivity index (χ3n) is 3.33. The second kappa shape index (κ2) is 7.91. The van der Waals surface area contributed by atoms with Crippen LogP contribution in [0.25, 0.3) is 11.5 Å². The summed E-state index contributed by atoms with van der Waals surface area (Å²) >= 11 is 13.1. The average Bonchev–Trinajstić information content (AvgIpc) is 3.06. The normalized spacial score (nSPS) is 10.7. The number of hydrogen-bond acceptors (Lipinski definition) is 5. The maximum Gasteiger partial charge on any atom is 0.277 e. The van der Waals surface area contributed by atoms with Crippen molar-refractivity contribution in [3.05, 3.63) is 58.1 Å². The van der Waals surface area contributed by atoms with E-state index in [0.29, 0.717) is 26.8 Å². The first-order valence-electron chi connectivity index (χ1n) is 7.31. The van der Waals surface area contributed by atoms with Gasteiger partial charge in [0, 0.05) is 5.56 Å². The summed E-state index contributed by atoms with van der Waals surface area (Å²) in [5.74, 6) is 0.293. The van der Waals surface area contributed by atoms with Crippen LogP contribution in [0.3, 0.4) is 0 Å². The Bertz CT molecular complexity index is 914. The fraction of sp³-hybridized carbons (Fsp3) is 0.118. The van der Waals surface area contributed by atoms with Crippen LogP contribution in [0.1, 0.15) is 5.56 Å². The summed E-state index contributed by atoms with van der Waals surface area (Å²) in [6.07, 6.45) is 0. The molecule has 5 nitrogen and oxygen atoms in total. The Morgan fingerprint density at radius 1 is 1.16 bits per heavy atom. The third-order valence-corrected chi connectivity index (χ3v) is 4.97. The van der Waals surface area contributed by atoms with E-state index in [9.17, 15) is 4.79 Å². The Morgan fingerprint density at radius 3 is 2.76 bits per heavy atom. The van der Waals surface area contributed by atoms with E-state index in [2.05, 4.69) is 15.5 Å². The molecule has 1 heterocycles. The number of carbonyl (C=O) groups is 1. The van der Waals surface area contributed by atoms with Crippen molar-refractivity contribution in [1.29, 1.82) is 0 Å². The molecule has 1 aromatic heterocycles. The zero-order chi connectivity index (χ0) is 17.8. The summed E-state index contributed by atoms with van der Waals surface area (Å²) in [6.45, 7) is 1.97. The minimum absolute atomic E-state index is 0.109. The number of thioether (sulfide) groups is 1. The largest absolute Gasteiger partial charge is 0.411 e. The number of aromatic nitrogens is 2. The van der Waals surface area contributed by atoms with Crippen molar-refractivity contribution >= 4 is 46.6 Å². The topological polar surface area (TPSA) is 68.0 Å². The van der Waals surface area contributed by atoms with Gasteiger partial charge < -0.3 is 9.73 Å². The van der Waals surface area contributed by atoms with Gasteiger partial charge in [-0.1, -0.05) is 59.2 Å². The summed E-state index contributed by atoms with van der Waals surface area (Å²) in [4.78, 5) is 12.1. The van der Waals surface area contributed by atoms with E-state index in [1.165, 1.54) is 0 Å². The second-order valence-electron chi connectivity index (χ2n) is 5.13. The number of amides is 1. The van der Waals surface area contributed by atoms with Gasteiger partial charge in [-0.05, 0) is 30.7 Å². The van der Waals surface area contributed by atoms with E-state index in [1.54, 1.807) is 18.2 Å². The van der Waals surface area contributed by atoms with Gasteiger partial charge in [-0.3, -0.25) is 4.79 Å². The lowest BCUT2D eigenvalue weighted by molar-refractivity contribution is -0.113. The maximum atomic E-state index is 12.1. The van der Waals surface area contributed by atoms with Crippen LogP contribution < -0.4 is 5.32 Å². The predicted molar refractivity (Wildman–Crippen MR) is 100 cm³/mol. The Morgan fingerprint density at radius 2 is 1.96 bits per heavy atom. The number of aryl methyl sites for hydroxylation is 1. The van der Waals surface area contributed by atoms with Crippen LogP contribution in [0.4, 0.5) is 5.69 Å². The van der Waals surface area contributed by atoms with Gasteiger partial charge in [-0.2, -0.15) is 0 Å². The maximum absolute atomic E-state index is 12.1. The highest BCUT2D eigenvalue weighted by Gasteiger charge is 2.13. The Hall–Kier alpha value is -2.02. The van der Waals surface area contributed by atoms with Gasteiger partial charge in [-0.15, -0.1) is 10.2 Å². The van der Waals surface area contributed by atoms with Crippen molar-refractivity contribution in [3.8, 4) is 11.5 Å². The van der Waals surface area contributed by atoms with E-state index in [4.69, 9.17) is 27.6 Å². The SMILES string of the molecule is Cc1ccccc1-c1nnc(SCC(=O)Nc2cccc(Cl)c2Cl)o1. The molecule has 128 valence electrons. The van der Waals surface area contributed by atoms with Gasteiger partial charge in [0.2, 0.25) is 11.8 Å². The summed E-state index contributed by atoms with van der Waals surface area (Å²) in [7, 11) is 0. The van der Waals surface area contributed by atoms with E-state index in [0.717, 1.165) is 22.9 Å². The van der Waals surface area contributed by atoms with Crippen molar-refractivity contribution < 1.29 is 9.21 Å². The van der Waals surface area contributed by atoms with Crippen LogP contribution in [0.15, 0.2) is 52.1 Å². The molecule has 8 heteroatoms. The summed E-state index contributed by atoms with van der Waals surface area (Å²) in [5, 5.41) is 11.7. The predicted octanol–water partition coefficient (Wildman–Crippen LogP) is 5.08. The Labute approximate surface area is 158 Å². The molecule has 3 aromatic rings. The molecular formula is C17H13Cl2N3O2S. The van der Waals surface area contributed by atoms with Gasteiger partial charge in [-0.25, -0.2) is 0 Å². The van der Waals surface area contributed by atoms with Crippen molar-refractivity contribution in [2.24, 2.45) is 0 Å². The lowest BCUT2D eigenvalue weighted by Crippen LogP contribution is -2.14. The highest BCUT2D eigenvalue weighted by atomic mass is 35.5. The first kappa shape index (κ1) is 17.8. The van der Waals surface area contributed by atoms with Gasteiger partial charge in [0.25, 0.3) is 5.22 Å². The molecule has 1 N–H and O–H groups in total. The molecule has 0 aliphatic rings. The zero-order valence-corrected chi connectivity index (χ0v) is 15.5. The minimum Gasteiger partial charge on any atom is -0.411 e. The standard InChI is InChI=1S/C17H13Cl2N3O2S/c1-10-5-2-3-6-11(10)16-21-22-17(24-16)25-9-14(23)20-13-8-4-7-12(18)15(13)19/h2-8H,9H2,1H3,(H,20,23). The van der Waals surface area contributed by atoms with Crippen LogP contribution in [0, 0.1) is 6.92 Å². The smallest absolute Gasteiger partial charge is 0.277 e. The molecule has 0 fully saturated rings. The highest BCUT2D eigenvalue weighted by Crippen LogP contribution is 2.30. The number of halogens is 2. The van der Waals surface area contributed by atoms with Gasteiger partial charge in [0.05, 0.1) is 21.5 Å². The van der Waals surface area contributed by atoms with Crippen LogP contribution >= 0.6 is 35.0 Å². The fourth-order valence-electron chi connectivity index (χ4n) is 2.10. The molecule has 0 atom stereocenters. The number of benzene rings is 2. The highest BCUT2D eigenvalue weighted by molar-refractivity contribution is 7.99. The number of nitrogens with zero attached hydrogens (tertiary/aromatic N) is 2. The number of anilines is 1. The van der Waals surface area contributed by atoms with E-state index in [-0.39, 0.29) is 11.7 Å². The molecule has 0 saturated heterocycles. The lowest BCUT2D eigenvalue weighted by Gasteiger charge is -2.07. The molecule has 0 aliphatic carbocycles. The van der Waals surface area contributed by atoms with Crippen LogP contribution in [0.5, 0.6) is 0 Å². The zero-order valence-electron chi connectivity index (χ0n) is 13.1. The molecular weight excluding hydrogens is 381 g/mol. The monoisotopic (exact) mass is 393 g/mol. The van der Waals surface area contributed by atoms with E-state index >= 15 is 0 Å². The number of rotatable bonds is 5. The quantitative estimate of drug-likeness (QED) is 0.611. The number of carbonyl (C=O) groups excluding carboxylic acids is 1. The van der Waals surface area contributed by atoms with Crippen molar-refractivity contribution in [3.63, 3.8) is 0 Å². The van der Waals surface area contributed by atoms with Crippen LogP contribution in [0.2, 0.25) is 10.0 Å². The van der Waals surface area contributed by atoms with Gasteiger partial charge in [0.15, 0.2) is 0 Å². The number of hydrogen-bond donors (Lipinski definition) is 1. The fourth-order valence-corrected chi connectivity index (χ4v) is 3.01. The van der Waals surface area contributed by atoms with Crippen LogP contribution in [-0.2, 0) is 4.79 Å². The van der Waals surface area contributed by atoms with Crippen molar-refractivity contribution in [2.75, 3.05) is 11.1 Å². The summed E-state index contributed by atoms with van der Waals surface area (Å²) < 4.78 is 5.61. The molecule has 2 aromatic carbocycles. The molecule has 0 aliphatic heterocycles. The molecule has 0 bridgehead atoms. The Kier molecular flexibility index (Phi) is 5.63. The first-order chi connectivity index (χ1) is 12.0. The lowest BCUT2D eigenvalue weighted by atomic mass is 10.1.